The van der Waals surface area contributed by atoms with Crippen LogP contribution in [0.4, 0.5) is 17.3 Å². The molecule has 0 bridgehead atoms. The van der Waals surface area contributed by atoms with E-state index in [9.17, 15) is 17.3 Å². The van der Waals surface area contributed by atoms with E-state index < -0.39 is 7.25 Å². The average molecular weight is 297 g/mol. The van der Waals surface area contributed by atoms with Gasteiger partial charge in [-0.1, -0.05) is 0 Å². The van der Waals surface area contributed by atoms with Crippen LogP contribution in [0.3, 0.4) is 0 Å². The average Bonchev–Trinajstić information content (AvgIpc) is 1.93. The van der Waals surface area contributed by atoms with Gasteiger partial charge in [0.05, 0.1) is 0 Å². The van der Waals surface area contributed by atoms with Crippen molar-refractivity contribution >= 4 is 7.25 Å². The summed E-state index contributed by atoms with van der Waals surface area (Å²) >= 11 is 2.95. The van der Waals surface area contributed by atoms with Crippen molar-refractivity contribution in [3.63, 3.8) is 0 Å². The number of hydrogen-bond donors (Lipinski definition) is 0. The van der Waals surface area contributed by atoms with Crippen LogP contribution >= 0.6 is 0 Å². The van der Waals surface area contributed by atoms with Crippen LogP contribution in [0.1, 0.15) is 25.7 Å². The summed E-state index contributed by atoms with van der Waals surface area (Å²) in [6.45, 7) is 0. The Morgan fingerprint density at radius 3 is 2.29 bits per heavy atom. The van der Waals surface area contributed by atoms with E-state index in [1.165, 1.54) is 29.9 Å². The molecule has 0 amide bonds. The van der Waals surface area contributed by atoms with Crippen LogP contribution in [0.15, 0.2) is 22.4 Å². The summed E-state index contributed by atoms with van der Waals surface area (Å²) in [5.74, 6) is 0. The molecule has 0 saturated heterocycles. The predicted molar refractivity (Wildman–Crippen MR) is 45.9 cm³/mol. The molecule has 0 nitrogen and oxygen atoms in total. The van der Waals surface area contributed by atoms with Gasteiger partial charge in [-0.2, -0.15) is 0 Å². The van der Waals surface area contributed by atoms with E-state index in [1.54, 1.807) is 0 Å². The third-order valence-electron chi connectivity index (χ3n) is 1.43. The van der Waals surface area contributed by atoms with E-state index in [0.29, 0.717) is 0 Å². The van der Waals surface area contributed by atoms with Gasteiger partial charge in [0.2, 0.25) is 0 Å². The van der Waals surface area contributed by atoms with Crippen molar-refractivity contribution in [1.82, 2.24) is 0 Å². The molecule has 14 heavy (non-hydrogen) atoms. The van der Waals surface area contributed by atoms with Crippen LogP contribution in [0.2, 0.25) is 0 Å². The molecule has 0 saturated carbocycles. The number of halogens is 4. The molecule has 0 unspecified atom stereocenters. The summed E-state index contributed by atoms with van der Waals surface area (Å²) in [6.07, 6.45) is 11.7. The molecule has 1 aliphatic carbocycles. The maximum atomic E-state index is 9.75. The Morgan fingerprint density at radius 2 is 1.71 bits per heavy atom. The minimum absolute atomic E-state index is 1.25. The predicted octanol–water partition coefficient (Wildman–Crippen LogP) is 3.85. The van der Waals surface area contributed by atoms with Crippen molar-refractivity contribution in [1.29, 1.82) is 0 Å². The van der Waals surface area contributed by atoms with E-state index in [2.05, 4.69) is 36.5 Å². The van der Waals surface area contributed by atoms with Gasteiger partial charge in [-0.25, -0.2) is 0 Å². The molecule has 0 aromatic rings. The van der Waals surface area contributed by atoms with Gasteiger partial charge in [-0.3, -0.25) is 0 Å². The van der Waals surface area contributed by atoms with Gasteiger partial charge in [-0.15, -0.1) is 0 Å². The number of hydrogen-bond acceptors (Lipinski definition) is 0. The fourth-order valence-electron chi connectivity index (χ4n) is 0.896. The number of allylic oxidation sites excluding steroid dienone is 4. The Labute approximate surface area is 91.2 Å². The second-order valence-electron chi connectivity index (χ2n) is 2.75. The second-order valence-corrected chi connectivity index (χ2v) is 3.81. The van der Waals surface area contributed by atoms with Crippen LogP contribution in [0.5, 0.6) is 0 Å². The Bertz CT molecular complexity index is 204. The standard InChI is InChI=1S/C8H11.BF4.Rh/c1-2-4-6-8-7-5-3-1;2-1(3,4)5;/h1-3H,4,6-8H2;;/q;-1;. The van der Waals surface area contributed by atoms with Crippen LogP contribution in [0, 0.1) is 0 Å². The number of rotatable bonds is 0. The van der Waals surface area contributed by atoms with Crippen molar-refractivity contribution in [3.05, 3.63) is 22.4 Å². The summed E-state index contributed by atoms with van der Waals surface area (Å²) in [7, 11) is -6.00. The first kappa shape index (κ1) is 13.9. The SMILES string of the molecule is F[B-](F)(F)F.[Rh][C]1=CC=CCCCC1. The molecule has 0 aliphatic heterocycles. The Hall–Kier alpha value is -0.112. The zero-order chi connectivity index (χ0) is 11.0. The summed E-state index contributed by atoms with van der Waals surface area (Å²) in [4.78, 5) is 0. The summed E-state index contributed by atoms with van der Waals surface area (Å²) in [5, 5.41) is 0. The first-order chi connectivity index (χ1) is 6.39. The first-order valence-electron chi connectivity index (χ1n) is 4.26. The Balaban J connectivity index is 0.000000292. The fourth-order valence-corrected chi connectivity index (χ4v) is 1.34. The van der Waals surface area contributed by atoms with E-state index >= 15 is 0 Å². The first-order valence-corrected chi connectivity index (χ1v) is 5.08. The molecular formula is C8H11BF4Rh-. The fraction of sp³-hybridized carbons (Fsp3) is 0.500. The van der Waals surface area contributed by atoms with Gasteiger partial charge in [0.25, 0.3) is 0 Å². The van der Waals surface area contributed by atoms with Crippen molar-refractivity contribution in [2.75, 3.05) is 0 Å². The molecule has 0 radical (unpaired) electrons. The van der Waals surface area contributed by atoms with E-state index in [1.807, 2.05) is 0 Å². The molecule has 0 atom stereocenters. The molecule has 84 valence electrons. The monoisotopic (exact) mass is 297 g/mol. The molecule has 0 N–H and O–H groups in total. The van der Waals surface area contributed by atoms with Crippen molar-refractivity contribution < 1.29 is 35.6 Å². The molecular weight excluding hydrogens is 286 g/mol. The summed E-state index contributed by atoms with van der Waals surface area (Å²) < 4.78 is 40.4. The topological polar surface area (TPSA) is 0 Å². The van der Waals surface area contributed by atoms with Crippen LogP contribution in [-0.4, -0.2) is 7.25 Å². The molecule has 1 aliphatic rings. The third kappa shape index (κ3) is 14.4. The quantitative estimate of drug-likeness (QED) is 0.470. The van der Waals surface area contributed by atoms with Gasteiger partial charge in [0.1, 0.15) is 0 Å². The second kappa shape index (κ2) is 7.22. The van der Waals surface area contributed by atoms with E-state index in [4.69, 9.17) is 0 Å². The van der Waals surface area contributed by atoms with Gasteiger partial charge < -0.3 is 17.3 Å². The molecule has 0 heterocycles. The van der Waals surface area contributed by atoms with Gasteiger partial charge in [0, 0.05) is 0 Å². The molecule has 0 spiro atoms. The van der Waals surface area contributed by atoms with Crippen molar-refractivity contribution in [3.8, 4) is 0 Å². The maximum absolute atomic E-state index is 9.75. The Kier molecular flexibility index (Phi) is 7.16. The minimum atomic E-state index is -6.00. The van der Waals surface area contributed by atoms with Crippen LogP contribution in [0.25, 0.3) is 0 Å². The van der Waals surface area contributed by atoms with Gasteiger partial charge in [0.15, 0.2) is 0 Å². The third-order valence-corrected chi connectivity index (χ3v) is 2.11. The molecule has 6 heteroatoms. The molecule has 0 aromatic heterocycles. The normalized spacial score (nSPS) is 17.4. The summed E-state index contributed by atoms with van der Waals surface area (Å²) in [6, 6.07) is 0. The van der Waals surface area contributed by atoms with Crippen LogP contribution < -0.4 is 0 Å². The molecule has 0 aromatic carbocycles. The Morgan fingerprint density at radius 1 is 1.14 bits per heavy atom. The van der Waals surface area contributed by atoms with Gasteiger partial charge >= 0.3 is 73.6 Å². The molecule has 1 rings (SSSR count). The summed E-state index contributed by atoms with van der Waals surface area (Å²) in [5.41, 5.74) is 0. The zero-order valence-corrected chi connectivity index (χ0v) is 9.12. The zero-order valence-electron chi connectivity index (χ0n) is 7.48. The van der Waals surface area contributed by atoms with E-state index in [0.717, 1.165) is 0 Å². The van der Waals surface area contributed by atoms with Gasteiger partial charge in [-0.05, 0) is 0 Å². The van der Waals surface area contributed by atoms with Crippen molar-refractivity contribution in [2.24, 2.45) is 0 Å². The molecule has 0 fully saturated rings. The van der Waals surface area contributed by atoms with Crippen LogP contribution in [-0.2, 0) is 18.3 Å². The van der Waals surface area contributed by atoms with Crippen molar-refractivity contribution in [2.45, 2.75) is 25.7 Å². The van der Waals surface area contributed by atoms with E-state index in [-0.39, 0.29) is 0 Å².